The predicted octanol–water partition coefficient (Wildman–Crippen LogP) is 28.6. The molecule has 12 nitrogen and oxygen atoms in total. The SMILES string of the molecule is Cc1ccc2c(c1)Cc1c(C(=O)CC3CCCCC3)nn(-c3ccc(Cl)cc3Cl)c1-2.Cc1ccc2c(c1)Cc1c(C(=O)CC3CCCCC3)nn(-c3ccc(F)cc3F)c1-2.O=C(CC1CCCCC1)c1nn(-c2ccc(Cl)cc2Cl)c2c1Cc1cc(Br)ccc1-2.O=C(CC1CCCCC1)c1nn(-c2ccc(Cl)cc2Cl)c2c1Cc1cc(Cl)ccc1-2. The number of carbonyl (C=O) groups is 4. The van der Waals surface area contributed by atoms with Crippen LogP contribution in [0, 0.1) is 49.2 Å². The number of carbonyl (C=O) groups excluding carboxylic acids is 4. The second kappa shape index (κ2) is 36.2. The minimum absolute atomic E-state index is 0.0314. The lowest BCUT2D eigenvalue weighted by molar-refractivity contribution is 0.0936. The summed E-state index contributed by atoms with van der Waals surface area (Å²) < 4.78 is 36.2. The molecule has 616 valence electrons. The molecule has 0 saturated heterocycles. The van der Waals surface area contributed by atoms with Gasteiger partial charge in [0.1, 0.15) is 34.3 Å². The Labute approximate surface area is 741 Å². The summed E-state index contributed by atoms with van der Waals surface area (Å²) in [7, 11) is 0. The summed E-state index contributed by atoms with van der Waals surface area (Å²) in [6.45, 7) is 4.13. The van der Waals surface area contributed by atoms with E-state index >= 15 is 0 Å². The quantitative estimate of drug-likeness (QED) is 0.0871. The Hall–Kier alpha value is -8.35. The van der Waals surface area contributed by atoms with Gasteiger partial charge >= 0.3 is 0 Å². The molecular weight excluding hydrogens is 1720 g/mol. The summed E-state index contributed by atoms with van der Waals surface area (Å²) in [5.74, 6) is 0.966. The van der Waals surface area contributed by atoms with Crippen molar-refractivity contribution in [1.29, 1.82) is 0 Å². The fourth-order valence-electron chi connectivity index (χ4n) is 19.6. The first-order valence-electron chi connectivity index (χ1n) is 42.2. The average molecular weight is 1810 g/mol. The number of rotatable bonds is 16. The summed E-state index contributed by atoms with van der Waals surface area (Å²) in [4.78, 5) is 53.2. The van der Waals surface area contributed by atoms with Crippen molar-refractivity contribution in [2.75, 3.05) is 0 Å². The van der Waals surface area contributed by atoms with Crippen molar-refractivity contribution in [3.8, 4) is 67.8 Å². The zero-order chi connectivity index (χ0) is 83.3. The van der Waals surface area contributed by atoms with Crippen molar-refractivity contribution in [3.63, 3.8) is 0 Å². The van der Waals surface area contributed by atoms with Crippen LogP contribution in [0.15, 0.2) is 150 Å². The van der Waals surface area contributed by atoms with Gasteiger partial charge in [0.25, 0.3) is 0 Å². The molecule has 0 atom stereocenters. The van der Waals surface area contributed by atoms with Crippen molar-refractivity contribution in [2.24, 2.45) is 23.7 Å². The summed E-state index contributed by atoms with van der Waals surface area (Å²) in [5, 5.41) is 23.0. The first kappa shape index (κ1) is 83.9. The molecule has 0 spiro atoms. The molecule has 8 aromatic carbocycles. The molecule has 12 aromatic rings. The Kier molecular flexibility index (Phi) is 25.3. The van der Waals surface area contributed by atoms with E-state index in [1.807, 2.05) is 81.6 Å². The number of hydrogen-bond donors (Lipinski definition) is 0. The van der Waals surface area contributed by atoms with Crippen LogP contribution in [0.5, 0.6) is 0 Å². The molecule has 4 aromatic heterocycles. The van der Waals surface area contributed by atoms with E-state index in [2.05, 4.69) is 64.4 Å². The number of ketones is 4. The van der Waals surface area contributed by atoms with Crippen molar-refractivity contribution in [3.05, 3.63) is 275 Å². The molecule has 0 aliphatic heterocycles. The number of benzene rings is 8. The van der Waals surface area contributed by atoms with Crippen LogP contribution in [0.2, 0.25) is 35.2 Å². The van der Waals surface area contributed by atoms with Crippen LogP contribution < -0.4 is 0 Å². The van der Waals surface area contributed by atoms with Crippen LogP contribution in [0.4, 0.5) is 8.78 Å². The monoisotopic (exact) mass is 1800 g/mol. The van der Waals surface area contributed by atoms with E-state index in [9.17, 15) is 28.0 Å². The van der Waals surface area contributed by atoms with Crippen molar-refractivity contribution < 1.29 is 28.0 Å². The maximum Gasteiger partial charge on any atom is 0.183 e. The van der Waals surface area contributed by atoms with Crippen LogP contribution in [0.25, 0.3) is 67.8 Å². The second-order valence-electron chi connectivity index (χ2n) is 33.9. The van der Waals surface area contributed by atoms with Gasteiger partial charge in [-0.2, -0.15) is 20.4 Å². The standard InChI is InChI=1S/C25H24Cl2N2O.C25H24F2N2O.C24H21BrCl2N2O.C24H21Cl3N2O/c2*1-15-7-9-19-17(11-15)13-20-24(23(30)12-16-5-3-2-4-6-16)28-29(25(19)20)22-10-8-18(26)14-21(22)27;2*25-16-6-8-18-15(11-16)12-19-23(22(30)10-14-4-2-1-3-5-14)28-29(24(18)19)21-9-7-17(26)13-20(21)27/h2*7-11,14,16H,2-6,12-13H2,1H3;2*6-9,11,13-14H,1-5,10,12H2. The number of Topliss-reactive ketones (excluding diaryl/α,β-unsaturated/α-hetero) is 4. The molecule has 20 rings (SSSR count). The first-order chi connectivity index (χ1) is 58.0. The Bertz CT molecular complexity index is 5310. The maximum absolute atomic E-state index is 14.6. The van der Waals surface area contributed by atoms with Gasteiger partial charge < -0.3 is 0 Å². The number of aromatic nitrogens is 8. The Morgan fingerprint density at radius 3 is 0.933 bits per heavy atom. The van der Waals surface area contributed by atoms with Crippen molar-refractivity contribution in [2.45, 2.75) is 194 Å². The molecule has 22 heteroatoms. The third kappa shape index (κ3) is 17.5. The minimum Gasteiger partial charge on any atom is -0.292 e. The first-order valence-corrected chi connectivity index (χ1v) is 45.7. The van der Waals surface area contributed by atoms with Crippen LogP contribution in [0.3, 0.4) is 0 Å². The second-order valence-corrected chi connectivity index (χ2v) is 37.8. The van der Waals surface area contributed by atoms with Crippen molar-refractivity contribution in [1.82, 2.24) is 39.1 Å². The van der Waals surface area contributed by atoms with Gasteiger partial charge in [-0.1, -0.05) is 285 Å². The molecule has 8 aliphatic carbocycles. The molecule has 4 heterocycles. The van der Waals surface area contributed by atoms with Gasteiger partial charge in [-0.3, -0.25) is 19.2 Å². The largest absolute Gasteiger partial charge is 0.292 e. The molecule has 4 fully saturated rings. The fourth-order valence-corrected chi connectivity index (χ4v) is 21.7. The topological polar surface area (TPSA) is 140 Å². The average Bonchev–Trinajstić information content (AvgIpc) is 1.60. The molecule has 0 N–H and O–H groups in total. The zero-order valence-electron chi connectivity index (χ0n) is 67.0. The van der Waals surface area contributed by atoms with E-state index in [1.165, 1.54) is 111 Å². The van der Waals surface area contributed by atoms with E-state index in [0.29, 0.717) is 127 Å². The lowest BCUT2D eigenvalue weighted by Gasteiger charge is -2.20. The van der Waals surface area contributed by atoms with Crippen molar-refractivity contribution >= 4 is 120 Å². The number of hydrogen-bond acceptors (Lipinski definition) is 8. The van der Waals surface area contributed by atoms with Gasteiger partial charge in [0.15, 0.2) is 29.0 Å². The molecule has 4 saturated carbocycles. The van der Waals surface area contributed by atoms with E-state index in [1.54, 1.807) is 30.3 Å². The third-order valence-electron chi connectivity index (χ3n) is 25.5. The molecule has 8 aliphatic rings. The van der Waals surface area contributed by atoms with Gasteiger partial charge in [-0.15, -0.1) is 0 Å². The highest BCUT2D eigenvalue weighted by Gasteiger charge is 2.39. The van der Waals surface area contributed by atoms with E-state index in [4.69, 9.17) is 96.5 Å². The number of aryl methyl sites for hydroxylation is 2. The Morgan fingerprint density at radius 1 is 0.333 bits per heavy atom. The number of fused-ring (bicyclic) bond motifs is 12. The van der Waals surface area contributed by atoms with Gasteiger partial charge in [0.05, 0.1) is 54.9 Å². The molecule has 0 radical (unpaired) electrons. The number of nitrogens with zero attached hydrogens (tertiary/aromatic N) is 8. The molecule has 0 bridgehead atoms. The van der Waals surface area contributed by atoms with Crippen LogP contribution >= 0.6 is 97.1 Å². The zero-order valence-corrected chi connectivity index (χ0v) is 73.8. The summed E-state index contributed by atoms with van der Waals surface area (Å²) in [5.41, 5.74) is 23.4. The van der Waals surface area contributed by atoms with E-state index in [0.717, 1.165) is 169 Å². The highest BCUT2D eigenvalue weighted by molar-refractivity contribution is 9.10. The highest BCUT2D eigenvalue weighted by Crippen LogP contribution is 2.49. The van der Waals surface area contributed by atoms with Crippen LogP contribution in [0.1, 0.15) is 252 Å². The highest BCUT2D eigenvalue weighted by atomic mass is 79.9. The van der Waals surface area contributed by atoms with Gasteiger partial charge in [0.2, 0.25) is 0 Å². The Balaban J connectivity index is 0.000000114. The number of halogens is 10. The van der Waals surface area contributed by atoms with E-state index in [-0.39, 0.29) is 28.8 Å². The summed E-state index contributed by atoms with van der Waals surface area (Å²) in [6.07, 6.45) is 28.8. The molecule has 0 amide bonds. The molecular formula is C98H90BrCl7F2N8O4. The summed E-state index contributed by atoms with van der Waals surface area (Å²) >= 11 is 47.7. The lowest BCUT2D eigenvalue weighted by atomic mass is 9.85. The smallest absolute Gasteiger partial charge is 0.183 e. The normalized spacial score (nSPS) is 15.8. The van der Waals surface area contributed by atoms with Gasteiger partial charge in [-0.25, -0.2) is 27.5 Å². The van der Waals surface area contributed by atoms with E-state index < -0.39 is 11.6 Å². The lowest BCUT2D eigenvalue weighted by Crippen LogP contribution is -2.14. The predicted molar refractivity (Wildman–Crippen MR) is 481 cm³/mol. The summed E-state index contributed by atoms with van der Waals surface area (Å²) in [6, 6.07) is 44.3. The van der Waals surface area contributed by atoms with Gasteiger partial charge in [-0.05, 0) is 151 Å². The fraction of sp³-hybridized carbons (Fsp3) is 0.347. The van der Waals surface area contributed by atoms with Gasteiger partial charge in [0, 0.05) is 127 Å². The van der Waals surface area contributed by atoms with Crippen LogP contribution in [-0.2, 0) is 25.7 Å². The van der Waals surface area contributed by atoms with Crippen LogP contribution in [-0.4, -0.2) is 62.3 Å². The third-order valence-corrected chi connectivity index (χ3v) is 27.8. The maximum atomic E-state index is 14.6. The molecule has 120 heavy (non-hydrogen) atoms. The molecule has 0 unspecified atom stereocenters. The Morgan fingerprint density at radius 2 is 0.608 bits per heavy atom. The minimum atomic E-state index is -0.688.